The number of nitrogens with two attached hydrogens (primary N) is 1. The van der Waals surface area contributed by atoms with E-state index in [1.807, 2.05) is 6.07 Å². The summed E-state index contributed by atoms with van der Waals surface area (Å²) in [6, 6.07) is 5.41. The number of nitrogens with one attached hydrogen (secondary N) is 1. The molecule has 1 aromatic rings. The maximum atomic E-state index is 11.9. The average Bonchev–Trinajstić information content (AvgIpc) is 2.50. The van der Waals surface area contributed by atoms with Crippen molar-refractivity contribution in [1.82, 2.24) is 5.32 Å². The van der Waals surface area contributed by atoms with Crippen LogP contribution >= 0.6 is 11.6 Å². The summed E-state index contributed by atoms with van der Waals surface area (Å²) in [4.78, 5) is 11.9. The summed E-state index contributed by atoms with van der Waals surface area (Å²) >= 11 is 6.13. The fourth-order valence-corrected chi connectivity index (χ4v) is 2.40. The van der Waals surface area contributed by atoms with Gasteiger partial charge in [-0.2, -0.15) is 0 Å². The number of amides is 1. The predicted molar refractivity (Wildman–Crippen MR) is 91.5 cm³/mol. The van der Waals surface area contributed by atoms with Crippen LogP contribution in [-0.4, -0.2) is 25.6 Å². The minimum atomic E-state index is 0.0298. The van der Waals surface area contributed by atoms with E-state index in [0.717, 1.165) is 18.5 Å². The molecule has 5 heteroatoms. The SMILES string of the molecule is CCCCCCCNC(=O)Cc1ccc(OCCN)c(Cl)c1. The van der Waals surface area contributed by atoms with Crippen molar-refractivity contribution in [2.24, 2.45) is 5.73 Å². The summed E-state index contributed by atoms with van der Waals surface area (Å²) in [5.41, 5.74) is 6.27. The van der Waals surface area contributed by atoms with Crippen molar-refractivity contribution in [3.05, 3.63) is 28.8 Å². The van der Waals surface area contributed by atoms with Crippen LogP contribution in [0.4, 0.5) is 0 Å². The number of halogens is 1. The highest BCUT2D eigenvalue weighted by atomic mass is 35.5. The number of carbonyl (C=O) groups excluding carboxylic acids is 1. The molecule has 0 radical (unpaired) electrons. The van der Waals surface area contributed by atoms with Gasteiger partial charge in [0.05, 0.1) is 11.4 Å². The zero-order valence-electron chi connectivity index (χ0n) is 13.4. The zero-order chi connectivity index (χ0) is 16.2. The van der Waals surface area contributed by atoms with Gasteiger partial charge in [0, 0.05) is 13.1 Å². The molecule has 1 rings (SSSR count). The molecule has 1 amide bonds. The molecule has 0 fully saturated rings. The van der Waals surface area contributed by atoms with E-state index in [4.69, 9.17) is 22.1 Å². The van der Waals surface area contributed by atoms with Crippen LogP contribution in [0.25, 0.3) is 0 Å². The molecule has 4 nitrogen and oxygen atoms in total. The lowest BCUT2D eigenvalue weighted by molar-refractivity contribution is -0.120. The van der Waals surface area contributed by atoms with E-state index in [-0.39, 0.29) is 5.91 Å². The molecule has 0 spiro atoms. The van der Waals surface area contributed by atoms with Crippen molar-refractivity contribution >= 4 is 17.5 Å². The van der Waals surface area contributed by atoms with Crippen LogP contribution in [0.15, 0.2) is 18.2 Å². The molecule has 0 unspecified atom stereocenters. The van der Waals surface area contributed by atoms with Crippen LogP contribution in [0.2, 0.25) is 5.02 Å². The van der Waals surface area contributed by atoms with Crippen LogP contribution in [0.1, 0.15) is 44.6 Å². The molecule has 0 aliphatic carbocycles. The van der Waals surface area contributed by atoms with Gasteiger partial charge in [-0.3, -0.25) is 4.79 Å². The van der Waals surface area contributed by atoms with Gasteiger partial charge in [0.1, 0.15) is 12.4 Å². The van der Waals surface area contributed by atoms with Crippen molar-refractivity contribution in [2.45, 2.75) is 45.4 Å². The maximum absolute atomic E-state index is 11.9. The Hall–Kier alpha value is -1.26. The highest BCUT2D eigenvalue weighted by Crippen LogP contribution is 2.25. The summed E-state index contributed by atoms with van der Waals surface area (Å²) in [5.74, 6) is 0.634. The highest BCUT2D eigenvalue weighted by molar-refractivity contribution is 6.32. The molecule has 0 aromatic heterocycles. The summed E-state index contributed by atoms with van der Waals surface area (Å²) in [6.45, 7) is 3.81. The van der Waals surface area contributed by atoms with Crippen molar-refractivity contribution < 1.29 is 9.53 Å². The van der Waals surface area contributed by atoms with Gasteiger partial charge in [0.15, 0.2) is 0 Å². The van der Waals surface area contributed by atoms with E-state index in [2.05, 4.69) is 12.2 Å². The summed E-state index contributed by atoms with van der Waals surface area (Å²) < 4.78 is 5.40. The molecule has 0 heterocycles. The van der Waals surface area contributed by atoms with Crippen LogP contribution in [0.3, 0.4) is 0 Å². The molecular weight excluding hydrogens is 300 g/mol. The lowest BCUT2D eigenvalue weighted by atomic mass is 10.1. The normalized spacial score (nSPS) is 10.5. The van der Waals surface area contributed by atoms with Crippen molar-refractivity contribution in [3.63, 3.8) is 0 Å². The predicted octanol–water partition coefficient (Wildman–Crippen LogP) is 3.31. The maximum Gasteiger partial charge on any atom is 0.224 e. The van der Waals surface area contributed by atoms with Gasteiger partial charge in [0.25, 0.3) is 0 Å². The van der Waals surface area contributed by atoms with Gasteiger partial charge >= 0.3 is 0 Å². The van der Waals surface area contributed by atoms with Crippen LogP contribution in [0.5, 0.6) is 5.75 Å². The quantitative estimate of drug-likeness (QED) is 0.613. The molecule has 0 saturated carbocycles. The van der Waals surface area contributed by atoms with Crippen LogP contribution in [0, 0.1) is 0 Å². The van der Waals surface area contributed by atoms with Gasteiger partial charge < -0.3 is 15.8 Å². The second-order valence-corrected chi connectivity index (χ2v) is 5.75. The highest BCUT2D eigenvalue weighted by Gasteiger charge is 2.07. The van der Waals surface area contributed by atoms with Crippen molar-refractivity contribution in [1.29, 1.82) is 0 Å². The third-order valence-electron chi connectivity index (χ3n) is 3.34. The third-order valence-corrected chi connectivity index (χ3v) is 3.63. The molecule has 0 aliphatic rings. The van der Waals surface area contributed by atoms with E-state index >= 15 is 0 Å². The van der Waals surface area contributed by atoms with Crippen molar-refractivity contribution in [2.75, 3.05) is 19.7 Å². The van der Waals surface area contributed by atoms with Crippen LogP contribution in [-0.2, 0) is 11.2 Å². The first kappa shape index (κ1) is 18.8. The van der Waals surface area contributed by atoms with Gasteiger partial charge in [-0.1, -0.05) is 50.3 Å². The Morgan fingerprint density at radius 2 is 2.05 bits per heavy atom. The van der Waals surface area contributed by atoms with E-state index in [0.29, 0.717) is 30.3 Å². The average molecular weight is 327 g/mol. The number of carbonyl (C=O) groups is 1. The van der Waals surface area contributed by atoms with Gasteiger partial charge in [0.2, 0.25) is 5.91 Å². The Morgan fingerprint density at radius 3 is 2.73 bits per heavy atom. The Balaban J connectivity index is 2.30. The Morgan fingerprint density at radius 1 is 1.27 bits per heavy atom. The second-order valence-electron chi connectivity index (χ2n) is 5.34. The first-order valence-corrected chi connectivity index (χ1v) is 8.43. The lowest BCUT2D eigenvalue weighted by Crippen LogP contribution is -2.26. The molecule has 22 heavy (non-hydrogen) atoms. The van der Waals surface area contributed by atoms with E-state index < -0.39 is 0 Å². The fourth-order valence-electron chi connectivity index (χ4n) is 2.14. The monoisotopic (exact) mass is 326 g/mol. The number of hydrogen-bond donors (Lipinski definition) is 2. The number of unbranched alkanes of at least 4 members (excludes halogenated alkanes) is 4. The third kappa shape index (κ3) is 7.66. The zero-order valence-corrected chi connectivity index (χ0v) is 14.1. The second kappa shape index (κ2) is 11.3. The Kier molecular flexibility index (Phi) is 9.67. The first-order chi connectivity index (χ1) is 10.7. The molecular formula is C17H27ClN2O2. The Bertz CT molecular complexity index is 452. The van der Waals surface area contributed by atoms with E-state index in [9.17, 15) is 4.79 Å². The molecule has 0 bridgehead atoms. The number of rotatable bonds is 11. The van der Waals surface area contributed by atoms with Crippen molar-refractivity contribution in [3.8, 4) is 5.75 Å². The minimum Gasteiger partial charge on any atom is -0.491 e. The van der Waals surface area contributed by atoms with Gasteiger partial charge in [-0.25, -0.2) is 0 Å². The number of ether oxygens (including phenoxy) is 1. The van der Waals surface area contributed by atoms with E-state index in [1.165, 1.54) is 25.7 Å². The molecule has 1 aromatic carbocycles. The van der Waals surface area contributed by atoms with Gasteiger partial charge in [-0.15, -0.1) is 0 Å². The largest absolute Gasteiger partial charge is 0.491 e. The Labute approximate surface area is 138 Å². The summed E-state index contributed by atoms with van der Waals surface area (Å²) in [5, 5.41) is 3.46. The standard InChI is InChI=1S/C17H27ClN2O2/c1-2-3-4-5-6-10-20-17(21)13-14-7-8-16(15(18)12-14)22-11-9-19/h7-8,12H,2-6,9-11,13,19H2,1H3,(H,20,21). The molecule has 0 aliphatic heterocycles. The fraction of sp³-hybridized carbons (Fsp3) is 0.588. The topological polar surface area (TPSA) is 64.3 Å². The lowest BCUT2D eigenvalue weighted by Gasteiger charge is -2.09. The molecule has 124 valence electrons. The first-order valence-electron chi connectivity index (χ1n) is 8.05. The molecule has 3 N–H and O–H groups in total. The minimum absolute atomic E-state index is 0.0298. The molecule has 0 saturated heterocycles. The summed E-state index contributed by atoms with van der Waals surface area (Å²) in [7, 11) is 0. The molecule has 0 atom stereocenters. The van der Waals surface area contributed by atoms with Crippen LogP contribution < -0.4 is 15.8 Å². The summed E-state index contributed by atoms with van der Waals surface area (Å²) in [6.07, 6.45) is 6.30. The number of benzene rings is 1. The number of hydrogen-bond acceptors (Lipinski definition) is 3. The van der Waals surface area contributed by atoms with Gasteiger partial charge in [-0.05, 0) is 24.1 Å². The smallest absolute Gasteiger partial charge is 0.224 e. The van der Waals surface area contributed by atoms with E-state index in [1.54, 1.807) is 12.1 Å².